The van der Waals surface area contributed by atoms with Crippen LogP contribution in [0.5, 0.6) is 0 Å². The molecular weight excluding hydrogens is 382 g/mol. The second kappa shape index (κ2) is 6.87. The number of rotatable bonds is 5. The molecule has 0 aromatic heterocycles. The topological polar surface area (TPSA) is 113 Å². The Hall–Kier alpha value is -2.75. The maximum absolute atomic E-state index is 12.1. The summed E-state index contributed by atoms with van der Waals surface area (Å²) in [7, 11) is -3.94. The van der Waals surface area contributed by atoms with Crippen LogP contribution in [0.25, 0.3) is 0 Å². The lowest BCUT2D eigenvalue weighted by Crippen LogP contribution is -2.49. The number of nitrogens with zero attached hydrogens (tertiary/aromatic N) is 1. The molecule has 26 heavy (non-hydrogen) atoms. The fourth-order valence-corrected chi connectivity index (χ4v) is 3.42. The summed E-state index contributed by atoms with van der Waals surface area (Å²) in [6.07, 6.45) is 0. The molecule has 1 aliphatic rings. The highest BCUT2D eigenvalue weighted by molar-refractivity contribution is 7.89. The van der Waals surface area contributed by atoms with Gasteiger partial charge >= 0.3 is 0 Å². The molecule has 1 aliphatic heterocycles. The summed E-state index contributed by atoms with van der Waals surface area (Å²) in [5.74, 6) is -2.23. The van der Waals surface area contributed by atoms with Crippen LogP contribution < -0.4 is 10.1 Å². The number of sulfonamides is 1. The number of imide groups is 1. The van der Waals surface area contributed by atoms with Gasteiger partial charge < -0.3 is 0 Å². The third-order valence-corrected chi connectivity index (χ3v) is 5.25. The standard InChI is InChI=1S/C16H12ClN3O5S/c17-10-5-7-11(8-6-10)26(24,25)18-9-14(21)19-20-15(22)12-3-1-2-4-13(12)16(20)23/h1-8,18H,9H2,(H,19,21). The quantitative estimate of drug-likeness (QED) is 0.734. The number of amides is 3. The highest BCUT2D eigenvalue weighted by atomic mass is 35.5. The molecule has 0 bridgehead atoms. The summed E-state index contributed by atoms with van der Waals surface area (Å²) < 4.78 is 26.3. The monoisotopic (exact) mass is 393 g/mol. The van der Waals surface area contributed by atoms with Crippen LogP contribution in [0.15, 0.2) is 53.4 Å². The van der Waals surface area contributed by atoms with E-state index in [1.165, 1.54) is 36.4 Å². The van der Waals surface area contributed by atoms with Crippen LogP contribution in [0, 0.1) is 0 Å². The molecule has 0 unspecified atom stereocenters. The van der Waals surface area contributed by atoms with Gasteiger partial charge in [-0.3, -0.25) is 19.8 Å². The van der Waals surface area contributed by atoms with E-state index >= 15 is 0 Å². The van der Waals surface area contributed by atoms with Crippen molar-refractivity contribution in [2.45, 2.75) is 4.90 Å². The summed E-state index contributed by atoms with van der Waals surface area (Å²) in [6, 6.07) is 11.5. The largest absolute Gasteiger partial charge is 0.280 e. The van der Waals surface area contributed by atoms with Crippen molar-refractivity contribution < 1.29 is 22.8 Å². The molecule has 2 aromatic rings. The van der Waals surface area contributed by atoms with Crippen molar-refractivity contribution in [3.05, 3.63) is 64.7 Å². The Balaban J connectivity index is 1.64. The minimum Gasteiger partial charge on any atom is -0.272 e. The van der Waals surface area contributed by atoms with Gasteiger partial charge in [0, 0.05) is 5.02 Å². The van der Waals surface area contributed by atoms with Crippen LogP contribution in [0.3, 0.4) is 0 Å². The van der Waals surface area contributed by atoms with E-state index in [1.807, 2.05) is 0 Å². The van der Waals surface area contributed by atoms with Crippen molar-refractivity contribution in [1.29, 1.82) is 0 Å². The van der Waals surface area contributed by atoms with E-state index in [-0.39, 0.29) is 16.0 Å². The van der Waals surface area contributed by atoms with E-state index < -0.39 is 34.3 Å². The second-order valence-electron chi connectivity index (χ2n) is 5.30. The number of carbonyl (C=O) groups is 3. The normalized spacial score (nSPS) is 13.7. The summed E-state index contributed by atoms with van der Waals surface area (Å²) in [6.45, 7) is -0.654. The van der Waals surface area contributed by atoms with E-state index in [4.69, 9.17) is 11.6 Å². The Morgan fingerprint density at radius 2 is 1.50 bits per heavy atom. The number of hydrogen-bond acceptors (Lipinski definition) is 5. The average Bonchev–Trinajstić information content (AvgIpc) is 2.86. The first-order chi connectivity index (χ1) is 12.3. The number of carbonyl (C=O) groups excluding carboxylic acids is 3. The molecule has 3 amide bonds. The summed E-state index contributed by atoms with van der Waals surface area (Å²) in [4.78, 5) is 36.2. The lowest BCUT2D eigenvalue weighted by molar-refractivity contribution is -0.123. The molecule has 10 heteroatoms. The zero-order valence-corrected chi connectivity index (χ0v) is 14.7. The molecule has 8 nitrogen and oxygen atoms in total. The van der Waals surface area contributed by atoms with Crippen molar-refractivity contribution in [2.24, 2.45) is 0 Å². The Kier molecular flexibility index (Phi) is 4.77. The van der Waals surface area contributed by atoms with Gasteiger partial charge in [0.15, 0.2) is 0 Å². The van der Waals surface area contributed by atoms with E-state index in [0.717, 1.165) is 0 Å². The van der Waals surface area contributed by atoms with Crippen LogP contribution in [-0.4, -0.2) is 37.7 Å². The van der Waals surface area contributed by atoms with Gasteiger partial charge in [-0.25, -0.2) is 13.1 Å². The SMILES string of the molecule is O=C(CNS(=O)(=O)c1ccc(Cl)cc1)NN1C(=O)c2ccccc2C1=O. The Morgan fingerprint density at radius 1 is 0.962 bits per heavy atom. The number of hydrogen-bond donors (Lipinski definition) is 2. The number of fused-ring (bicyclic) bond motifs is 1. The fraction of sp³-hybridized carbons (Fsp3) is 0.0625. The van der Waals surface area contributed by atoms with Crippen molar-refractivity contribution in [2.75, 3.05) is 6.54 Å². The highest BCUT2D eigenvalue weighted by Crippen LogP contribution is 2.20. The Bertz CT molecular complexity index is 970. The van der Waals surface area contributed by atoms with Crippen LogP contribution in [0.4, 0.5) is 0 Å². The predicted molar refractivity (Wildman–Crippen MR) is 91.7 cm³/mol. The minimum absolute atomic E-state index is 0.0737. The number of nitrogens with one attached hydrogen (secondary N) is 2. The third kappa shape index (κ3) is 3.45. The first-order valence-electron chi connectivity index (χ1n) is 7.32. The number of halogens is 1. The van der Waals surface area contributed by atoms with Crippen molar-refractivity contribution >= 4 is 39.3 Å². The lowest BCUT2D eigenvalue weighted by Gasteiger charge is -2.15. The van der Waals surface area contributed by atoms with Gasteiger partial charge in [-0.1, -0.05) is 23.7 Å². The highest BCUT2D eigenvalue weighted by Gasteiger charge is 2.36. The summed E-state index contributed by atoms with van der Waals surface area (Å²) in [5.41, 5.74) is 2.44. The van der Waals surface area contributed by atoms with Crippen LogP contribution in [0.2, 0.25) is 5.02 Å². The maximum Gasteiger partial charge on any atom is 0.280 e. The third-order valence-electron chi connectivity index (χ3n) is 3.58. The van der Waals surface area contributed by atoms with Gasteiger partial charge in [-0.15, -0.1) is 0 Å². The van der Waals surface area contributed by atoms with Gasteiger partial charge in [0.05, 0.1) is 22.6 Å². The first kappa shape index (κ1) is 18.1. The summed E-state index contributed by atoms with van der Waals surface area (Å²) >= 11 is 5.70. The van der Waals surface area contributed by atoms with Crippen LogP contribution in [-0.2, 0) is 14.8 Å². The van der Waals surface area contributed by atoms with E-state index in [9.17, 15) is 22.8 Å². The molecule has 0 aliphatic carbocycles. The molecule has 0 fully saturated rings. The molecule has 0 radical (unpaired) electrons. The van der Waals surface area contributed by atoms with Crippen molar-refractivity contribution in [3.8, 4) is 0 Å². The van der Waals surface area contributed by atoms with Gasteiger partial charge in [0.1, 0.15) is 0 Å². The zero-order chi connectivity index (χ0) is 18.9. The van der Waals surface area contributed by atoms with Gasteiger partial charge in [-0.05, 0) is 36.4 Å². The van der Waals surface area contributed by atoms with Crippen LogP contribution in [0.1, 0.15) is 20.7 Å². The molecule has 1 heterocycles. The molecule has 0 spiro atoms. The molecule has 0 atom stereocenters. The Morgan fingerprint density at radius 3 is 2.04 bits per heavy atom. The first-order valence-corrected chi connectivity index (χ1v) is 9.18. The van der Waals surface area contributed by atoms with E-state index in [1.54, 1.807) is 12.1 Å². The molecule has 3 rings (SSSR count). The maximum atomic E-state index is 12.1. The second-order valence-corrected chi connectivity index (χ2v) is 7.51. The van der Waals surface area contributed by atoms with Crippen LogP contribution >= 0.6 is 11.6 Å². The molecule has 0 saturated carbocycles. The molecular formula is C16H12ClN3O5S. The number of hydrazine groups is 1. The fourth-order valence-electron chi connectivity index (χ4n) is 2.31. The van der Waals surface area contributed by atoms with Crippen molar-refractivity contribution in [3.63, 3.8) is 0 Å². The van der Waals surface area contributed by atoms with E-state index in [2.05, 4.69) is 10.1 Å². The number of benzene rings is 2. The minimum atomic E-state index is -3.94. The molecule has 134 valence electrons. The molecule has 2 aromatic carbocycles. The van der Waals surface area contributed by atoms with Gasteiger partial charge in [0.2, 0.25) is 10.0 Å². The van der Waals surface area contributed by atoms with Gasteiger partial charge in [-0.2, -0.15) is 5.01 Å². The average molecular weight is 394 g/mol. The van der Waals surface area contributed by atoms with E-state index in [0.29, 0.717) is 10.0 Å². The summed E-state index contributed by atoms with van der Waals surface area (Å²) in [5, 5.41) is 0.927. The zero-order valence-electron chi connectivity index (χ0n) is 13.1. The van der Waals surface area contributed by atoms with Gasteiger partial charge in [0.25, 0.3) is 17.7 Å². The predicted octanol–water partition coefficient (Wildman–Crippen LogP) is 0.946. The molecule has 0 saturated heterocycles. The lowest BCUT2D eigenvalue weighted by atomic mass is 10.1. The Labute approximate surface area is 153 Å². The molecule has 2 N–H and O–H groups in total. The smallest absolute Gasteiger partial charge is 0.272 e. The van der Waals surface area contributed by atoms with Crippen molar-refractivity contribution in [1.82, 2.24) is 15.2 Å².